The third-order valence-electron chi connectivity index (χ3n) is 3.94. The summed E-state index contributed by atoms with van der Waals surface area (Å²) in [5, 5.41) is 2.69. The Morgan fingerprint density at radius 3 is 2.41 bits per heavy atom. The van der Waals surface area contributed by atoms with E-state index in [4.69, 9.17) is 4.74 Å². The van der Waals surface area contributed by atoms with Crippen LogP contribution in [0.25, 0.3) is 0 Å². The van der Waals surface area contributed by atoms with Gasteiger partial charge in [-0.2, -0.15) is 8.78 Å². The molecule has 0 radical (unpaired) electrons. The fourth-order valence-electron chi connectivity index (χ4n) is 2.50. The van der Waals surface area contributed by atoms with E-state index in [1.807, 2.05) is 13.8 Å². The van der Waals surface area contributed by atoms with E-state index in [0.29, 0.717) is 18.7 Å². The summed E-state index contributed by atoms with van der Waals surface area (Å²) < 4.78 is 34.1. The standard InChI is InChI=1S/C18H27F2N3O4/c1-5-23(6-2)16(24)9-10-21-18(25)22(3)12-13-7-8-14(27-17(19)20)15(11-13)26-4/h7-8,11,17H,5-6,9-10,12H2,1-4H3,(H,21,25). The monoisotopic (exact) mass is 387 g/mol. The van der Waals surface area contributed by atoms with Gasteiger partial charge >= 0.3 is 12.6 Å². The van der Waals surface area contributed by atoms with Gasteiger partial charge in [-0.1, -0.05) is 6.07 Å². The van der Waals surface area contributed by atoms with Gasteiger partial charge in [-0.15, -0.1) is 0 Å². The summed E-state index contributed by atoms with van der Waals surface area (Å²) in [6, 6.07) is 4.14. The van der Waals surface area contributed by atoms with Gasteiger partial charge in [0.05, 0.1) is 7.11 Å². The zero-order valence-corrected chi connectivity index (χ0v) is 16.1. The van der Waals surface area contributed by atoms with Crippen LogP contribution in [0.2, 0.25) is 0 Å². The Labute approximate surface area is 158 Å². The Hall–Kier alpha value is -2.58. The molecule has 0 bridgehead atoms. The number of amides is 3. The maximum absolute atomic E-state index is 12.4. The molecule has 7 nitrogen and oxygen atoms in total. The van der Waals surface area contributed by atoms with Crippen LogP contribution in [0.5, 0.6) is 11.5 Å². The van der Waals surface area contributed by atoms with Gasteiger partial charge in [-0.3, -0.25) is 4.79 Å². The fourth-order valence-corrected chi connectivity index (χ4v) is 2.50. The summed E-state index contributed by atoms with van der Waals surface area (Å²) in [5.74, 6) is 0.0759. The quantitative estimate of drug-likeness (QED) is 0.670. The van der Waals surface area contributed by atoms with Crippen LogP contribution in [0.3, 0.4) is 0 Å². The van der Waals surface area contributed by atoms with Crippen LogP contribution < -0.4 is 14.8 Å². The number of rotatable bonds is 10. The summed E-state index contributed by atoms with van der Waals surface area (Å²) in [6.45, 7) is 2.60. The van der Waals surface area contributed by atoms with Crippen molar-refractivity contribution in [3.05, 3.63) is 23.8 Å². The predicted molar refractivity (Wildman–Crippen MR) is 97.0 cm³/mol. The van der Waals surface area contributed by atoms with E-state index >= 15 is 0 Å². The van der Waals surface area contributed by atoms with E-state index in [1.165, 1.54) is 24.1 Å². The van der Waals surface area contributed by atoms with Crippen molar-refractivity contribution in [1.82, 2.24) is 15.1 Å². The highest BCUT2D eigenvalue weighted by atomic mass is 19.3. The first-order chi connectivity index (χ1) is 12.8. The fraction of sp³-hybridized carbons (Fsp3) is 0.556. The van der Waals surface area contributed by atoms with Crippen molar-refractivity contribution in [2.45, 2.75) is 33.4 Å². The zero-order chi connectivity index (χ0) is 20.4. The van der Waals surface area contributed by atoms with Crippen LogP contribution >= 0.6 is 0 Å². The van der Waals surface area contributed by atoms with Gasteiger partial charge in [0.1, 0.15) is 0 Å². The molecule has 0 unspecified atom stereocenters. The average Bonchev–Trinajstić information content (AvgIpc) is 2.63. The first-order valence-corrected chi connectivity index (χ1v) is 8.70. The van der Waals surface area contributed by atoms with Crippen molar-refractivity contribution in [3.63, 3.8) is 0 Å². The van der Waals surface area contributed by atoms with Gasteiger partial charge in [0.25, 0.3) is 0 Å². The van der Waals surface area contributed by atoms with Crippen LogP contribution in [0, 0.1) is 0 Å². The average molecular weight is 387 g/mol. The molecule has 27 heavy (non-hydrogen) atoms. The van der Waals surface area contributed by atoms with Crippen LogP contribution in [0.4, 0.5) is 13.6 Å². The number of hydrogen-bond acceptors (Lipinski definition) is 4. The number of nitrogens with one attached hydrogen (secondary N) is 1. The Morgan fingerprint density at radius 2 is 1.85 bits per heavy atom. The molecule has 0 fully saturated rings. The third kappa shape index (κ3) is 7.28. The van der Waals surface area contributed by atoms with Crippen LogP contribution in [0.1, 0.15) is 25.8 Å². The lowest BCUT2D eigenvalue weighted by Crippen LogP contribution is -2.39. The molecule has 0 atom stereocenters. The highest BCUT2D eigenvalue weighted by Gasteiger charge is 2.15. The van der Waals surface area contributed by atoms with E-state index in [1.54, 1.807) is 18.0 Å². The van der Waals surface area contributed by atoms with Gasteiger partial charge < -0.3 is 24.6 Å². The van der Waals surface area contributed by atoms with Crippen LogP contribution in [-0.4, -0.2) is 62.1 Å². The third-order valence-corrected chi connectivity index (χ3v) is 3.94. The van der Waals surface area contributed by atoms with Crippen molar-refractivity contribution in [1.29, 1.82) is 0 Å². The Balaban J connectivity index is 2.56. The Kier molecular flexibility index (Phi) is 9.32. The number of alkyl halides is 2. The maximum atomic E-state index is 12.4. The second kappa shape index (κ2) is 11.2. The molecule has 0 aliphatic rings. The van der Waals surface area contributed by atoms with E-state index in [2.05, 4.69) is 10.1 Å². The Morgan fingerprint density at radius 1 is 1.19 bits per heavy atom. The number of nitrogens with zero attached hydrogens (tertiary/aromatic N) is 2. The van der Waals surface area contributed by atoms with Crippen molar-refractivity contribution in [2.75, 3.05) is 33.8 Å². The predicted octanol–water partition coefficient (Wildman–Crippen LogP) is 2.70. The minimum absolute atomic E-state index is 0.0118. The SMILES string of the molecule is CCN(CC)C(=O)CCNC(=O)N(C)Cc1ccc(OC(F)F)c(OC)c1. The van der Waals surface area contributed by atoms with Crippen LogP contribution in [-0.2, 0) is 11.3 Å². The summed E-state index contributed by atoms with van der Waals surface area (Å²) in [6.07, 6.45) is 0.231. The number of benzene rings is 1. The number of hydrogen-bond donors (Lipinski definition) is 1. The number of urea groups is 1. The van der Waals surface area contributed by atoms with Gasteiger partial charge in [0.15, 0.2) is 11.5 Å². The van der Waals surface area contributed by atoms with Gasteiger partial charge in [0, 0.05) is 39.6 Å². The first kappa shape index (κ1) is 22.5. The molecule has 9 heteroatoms. The minimum atomic E-state index is -2.95. The molecule has 1 N–H and O–H groups in total. The lowest BCUT2D eigenvalue weighted by Gasteiger charge is -2.21. The second-order valence-corrected chi connectivity index (χ2v) is 5.77. The van der Waals surface area contributed by atoms with E-state index in [0.717, 1.165) is 0 Å². The molecule has 0 saturated heterocycles. The molecule has 0 aromatic heterocycles. The minimum Gasteiger partial charge on any atom is -0.493 e. The smallest absolute Gasteiger partial charge is 0.387 e. The summed E-state index contributed by atoms with van der Waals surface area (Å²) >= 11 is 0. The highest BCUT2D eigenvalue weighted by Crippen LogP contribution is 2.29. The highest BCUT2D eigenvalue weighted by molar-refractivity contribution is 5.78. The molecule has 1 rings (SSSR count). The molecular formula is C18H27F2N3O4. The molecule has 1 aromatic carbocycles. The van der Waals surface area contributed by atoms with Gasteiger partial charge in [-0.25, -0.2) is 4.79 Å². The number of carbonyl (C=O) groups excluding carboxylic acids is 2. The first-order valence-electron chi connectivity index (χ1n) is 8.70. The van der Waals surface area contributed by atoms with Crippen molar-refractivity contribution < 1.29 is 27.8 Å². The molecule has 0 aliphatic heterocycles. The molecule has 0 aliphatic carbocycles. The molecular weight excluding hydrogens is 360 g/mol. The van der Waals surface area contributed by atoms with E-state index in [-0.39, 0.29) is 42.9 Å². The molecule has 1 aromatic rings. The molecule has 0 spiro atoms. The van der Waals surface area contributed by atoms with Gasteiger partial charge in [-0.05, 0) is 31.5 Å². The van der Waals surface area contributed by atoms with Crippen molar-refractivity contribution in [2.24, 2.45) is 0 Å². The molecule has 0 heterocycles. The van der Waals surface area contributed by atoms with Crippen molar-refractivity contribution in [3.8, 4) is 11.5 Å². The lowest BCUT2D eigenvalue weighted by atomic mass is 10.2. The summed E-state index contributed by atoms with van der Waals surface area (Å²) in [4.78, 5) is 27.2. The lowest BCUT2D eigenvalue weighted by molar-refractivity contribution is -0.130. The number of halogens is 2. The van der Waals surface area contributed by atoms with E-state index < -0.39 is 6.61 Å². The normalized spacial score (nSPS) is 10.5. The largest absolute Gasteiger partial charge is 0.493 e. The maximum Gasteiger partial charge on any atom is 0.387 e. The summed E-state index contributed by atoms with van der Waals surface area (Å²) in [7, 11) is 2.94. The zero-order valence-electron chi connectivity index (χ0n) is 16.1. The molecule has 0 saturated carbocycles. The molecule has 3 amide bonds. The van der Waals surface area contributed by atoms with Gasteiger partial charge in [0.2, 0.25) is 5.91 Å². The summed E-state index contributed by atoms with van der Waals surface area (Å²) in [5.41, 5.74) is 0.685. The number of ether oxygens (including phenoxy) is 2. The second-order valence-electron chi connectivity index (χ2n) is 5.77. The topological polar surface area (TPSA) is 71.1 Å². The molecule has 152 valence electrons. The van der Waals surface area contributed by atoms with Crippen molar-refractivity contribution >= 4 is 11.9 Å². The van der Waals surface area contributed by atoms with Crippen LogP contribution in [0.15, 0.2) is 18.2 Å². The number of methoxy groups -OCH3 is 1. The number of carbonyl (C=O) groups is 2. The van der Waals surface area contributed by atoms with E-state index in [9.17, 15) is 18.4 Å². The Bertz CT molecular complexity index is 625.